The van der Waals surface area contributed by atoms with Crippen LogP contribution in [0.1, 0.15) is 18.9 Å². The van der Waals surface area contributed by atoms with E-state index in [1.54, 1.807) is 36.3 Å². The number of amides is 3. The smallest absolute Gasteiger partial charge is 0.229 e. The zero-order chi connectivity index (χ0) is 20.8. The molecule has 3 amide bonds. The van der Waals surface area contributed by atoms with Crippen LogP contribution in [0.3, 0.4) is 0 Å². The first kappa shape index (κ1) is 20.4. The van der Waals surface area contributed by atoms with Crippen molar-refractivity contribution < 1.29 is 19.1 Å². The Labute approximate surface area is 170 Å². The molecule has 29 heavy (non-hydrogen) atoms. The molecule has 3 rings (SSSR count). The number of methoxy groups -OCH3 is 1. The molecule has 0 aliphatic carbocycles. The molecule has 1 heterocycles. The molecule has 2 N–H and O–H groups in total. The largest absolute Gasteiger partial charge is 0.496 e. The van der Waals surface area contributed by atoms with Crippen molar-refractivity contribution >= 4 is 29.1 Å². The van der Waals surface area contributed by atoms with Crippen molar-refractivity contribution in [3.8, 4) is 5.75 Å². The lowest BCUT2D eigenvalue weighted by Crippen LogP contribution is -2.30. The van der Waals surface area contributed by atoms with E-state index in [0.717, 1.165) is 11.3 Å². The minimum atomic E-state index is -0.399. The number of likely N-dealkylation sites (tertiary alicyclic amines) is 1. The molecule has 1 aliphatic heterocycles. The highest BCUT2D eigenvalue weighted by molar-refractivity contribution is 5.98. The van der Waals surface area contributed by atoms with Gasteiger partial charge in [0.2, 0.25) is 17.7 Å². The Morgan fingerprint density at radius 3 is 2.55 bits per heavy atom. The number of ether oxygens (including phenoxy) is 1. The Morgan fingerprint density at radius 1 is 1.10 bits per heavy atom. The number of para-hydroxylation sites is 1. The molecule has 0 bridgehead atoms. The van der Waals surface area contributed by atoms with Gasteiger partial charge in [-0.2, -0.15) is 0 Å². The first-order valence-corrected chi connectivity index (χ1v) is 9.54. The second-order valence-corrected chi connectivity index (χ2v) is 7.05. The molecule has 1 fully saturated rings. The molecule has 0 aromatic heterocycles. The van der Waals surface area contributed by atoms with Crippen LogP contribution in [0.15, 0.2) is 48.5 Å². The Kier molecular flexibility index (Phi) is 6.49. The molecule has 1 aliphatic rings. The van der Waals surface area contributed by atoms with Crippen molar-refractivity contribution in [1.29, 1.82) is 0 Å². The number of benzene rings is 2. The minimum Gasteiger partial charge on any atom is -0.496 e. The highest BCUT2D eigenvalue weighted by atomic mass is 16.5. The van der Waals surface area contributed by atoms with E-state index in [2.05, 4.69) is 10.6 Å². The fourth-order valence-corrected chi connectivity index (χ4v) is 3.45. The number of nitrogens with zero attached hydrogens (tertiary/aromatic N) is 1. The number of rotatable bonds is 7. The van der Waals surface area contributed by atoms with Gasteiger partial charge in [-0.3, -0.25) is 14.4 Å². The Hall–Kier alpha value is -3.35. The van der Waals surface area contributed by atoms with Crippen molar-refractivity contribution in [3.63, 3.8) is 0 Å². The van der Waals surface area contributed by atoms with Gasteiger partial charge >= 0.3 is 0 Å². The minimum absolute atomic E-state index is 0.0213. The fourth-order valence-electron chi connectivity index (χ4n) is 3.45. The summed E-state index contributed by atoms with van der Waals surface area (Å²) in [4.78, 5) is 37.9. The average Bonchev–Trinajstić information content (AvgIpc) is 3.07. The van der Waals surface area contributed by atoms with Gasteiger partial charge in [0.25, 0.3) is 0 Å². The molecule has 1 atom stereocenters. The number of hydrogen-bond donors (Lipinski definition) is 2. The summed E-state index contributed by atoms with van der Waals surface area (Å²) in [5, 5.41) is 5.52. The summed E-state index contributed by atoms with van der Waals surface area (Å²) in [5.74, 6) is 0.00259. The van der Waals surface area contributed by atoms with E-state index in [9.17, 15) is 14.4 Å². The zero-order valence-corrected chi connectivity index (χ0v) is 16.6. The lowest BCUT2D eigenvalue weighted by Gasteiger charge is -2.17. The van der Waals surface area contributed by atoms with Crippen molar-refractivity contribution in [2.45, 2.75) is 19.8 Å². The van der Waals surface area contributed by atoms with Gasteiger partial charge in [0.15, 0.2) is 0 Å². The monoisotopic (exact) mass is 395 g/mol. The quantitative estimate of drug-likeness (QED) is 0.755. The molecule has 2 aromatic carbocycles. The summed E-state index contributed by atoms with van der Waals surface area (Å²) >= 11 is 0. The summed E-state index contributed by atoms with van der Waals surface area (Å²) in [7, 11) is 1.63. The standard InChI is InChI=1S/C22H25N3O4/c1-15(26)23-18-7-5-8-19(13-18)24-22(28)17-12-21(27)25(14-17)11-10-16-6-3-4-9-20(16)29-2/h3-9,13,17H,10-12,14H2,1-2H3,(H,23,26)(H,24,28). The van der Waals surface area contributed by atoms with Crippen molar-refractivity contribution in [1.82, 2.24) is 4.90 Å². The number of carbonyl (C=O) groups excluding carboxylic acids is 3. The van der Waals surface area contributed by atoms with Gasteiger partial charge < -0.3 is 20.3 Å². The van der Waals surface area contributed by atoms with Crippen molar-refractivity contribution in [3.05, 3.63) is 54.1 Å². The molecule has 1 unspecified atom stereocenters. The van der Waals surface area contributed by atoms with Crippen LogP contribution in [-0.4, -0.2) is 42.8 Å². The molecule has 0 spiro atoms. The highest BCUT2D eigenvalue weighted by Gasteiger charge is 2.34. The Balaban J connectivity index is 1.57. The molecule has 0 radical (unpaired) electrons. The number of anilines is 2. The van der Waals surface area contributed by atoms with E-state index in [4.69, 9.17) is 4.74 Å². The van der Waals surface area contributed by atoms with Gasteiger partial charge in [0.1, 0.15) is 5.75 Å². The van der Waals surface area contributed by atoms with Crippen LogP contribution in [0.2, 0.25) is 0 Å². The normalized spacial score (nSPS) is 15.9. The Morgan fingerprint density at radius 2 is 1.83 bits per heavy atom. The maximum absolute atomic E-state index is 12.6. The third kappa shape index (κ3) is 5.34. The second kappa shape index (κ2) is 9.23. The van der Waals surface area contributed by atoms with Crippen molar-refractivity contribution in [2.75, 3.05) is 30.8 Å². The topological polar surface area (TPSA) is 87.7 Å². The Bertz CT molecular complexity index is 912. The van der Waals surface area contributed by atoms with Gasteiger partial charge in [-0.25, -0.2) is 0 Å². The predicted octanol–water partition coefficient (Wildman–Crippen LogP) is 2.68. The molecular weight excluding hydrogens is 370 g/mol. The summed E-state index contributed by atoms with van der Waals surface area (Å²) in [6.07, 6.45) is 0.867. The molecule has 7 heteroatoms. The molecule has 1 saturated heterocycles. The van der Waals surface area contributed by atoms with Crippen LogP contribution in [-0.2, 0) is 20.8 Å². The molecule has 152 valence electrons. The van der Waals surface area contributed by atoms with Gasteiger partial charge in [0.05, 0.1) is 13.0 Å². The number of carbonyl (C=O) groups is 3. The van der Waals surface area contributed by atoms with Gasteiger partial charge in [-0.1, -0.05) is 24.3 Å². The fraction of sp³-hybridized carbons (Fsp3) is 0.318. The summed E-state index contributed by atoms with van der Waals surface area (Å²) in [6, 6.07) is 14.7. The average molecular weight is 395 g/mol. The lowest BCUT2D eigenvalue weighted by molar-refractivity contribution is -0.128. The summed E-state index contributed by atoms with van der Waals surface area (Å²) in [5.41, 5.74) is 2.22. The highest BCUT2D eigenvalue weighted by Crippen LogP contribution is 2.23. The SMILES string of the molecule is COc1ccccc1CCN1CC(C(=O)Nc2cccc(NC(C)=O)c2)CC1=O. The maximum atomic E-state index is 12.6. The van der Waals surface area contributed by atoms with Crippen LogP contribution in [0.5, 0.6) is 5.75 Å². The van der Waals surface area contributed by atoms with Gasteiger partial charge in [-0.05, 0) is 36.2 Å². The van der Waals surface area contributed by atoms with E-state index in [1.165, 1.54) is 6.92 Å². The van der Waals surface area contributed by atoms with Crippen LogP contribution < -0.4 is 15.4 Å². The number of nitrogens with one attached hydrogen (secondary N) is 2. The molecular formula is C22H25N3O4. The maximum Gasteiger partial charge on any atom is 0.229 e. The van der Waals surface area contributed by atoms with Gasteiger partial charge in [0, 0.05) is 37.8 Å². The van der Waals surface area contributed by atoms with E-state index in [0.29, 0.717) is 30.9 Å². The van der Waals surface area contributed by atoms with E-state index >= 15 is 0 Å². The molecule has 2 aromatic rings. The predicted molar refractivity (Wildman–Crippen MR) is 111 cm³/mol. The van der Waals surface area contributed by atoms with E-state index in [-0.39, 0.29) is 24.1 Å². The third-order valence-corrected chi connectivity index (χ3v) is 4.88. The molecule has 0 saturated carbocycles. The second-order valence-electron chi connectivity index (χ2n) is 7.05. The third-order valence-electron chi connectivity index (χ3n) is 4.88. The summed E-state index contributed by atoms with van der Waals surface area (Å²) < 4.78 is 5.35. The van der Waals surface area contributed by atoms with E-state index in [1.807, 2.05) is 24.3 Å². The first-order valence-electron chi connectivity index (χ1n) is 9.54. The molecule has 7 nitrogen and oxygen atoms in total. The lowest BCUT2D eigenvalue weighted by atomic mass is 10.1. The van der Waals surface area contributed by atoms with Crippen LogP contribution in [0.25, 0.3) is 0 Å². The summed E-state index contributed by atoms with van der Waals surface area (Å²) in [6.45, 7) is 2.36. The van der Waals surface area contributed by atoms with Crippen LogP contribution >= 0.6 is 0 Å². The van der Waals surface area contributed by atoms with Gasteiger partial charge in [-0.15, -0.1) is 0 Å². The first-order chi connectivity index (χ1) is 14.0. The zero-order valence-electron chi connectivity index (χ0n) is 16.6. The van der Waals surface area contributed by atoms with Crippen LogP contribution in [0, 0.1) is 5.92 Å². The van der Waals surface area contributed by atoms with E-state index < -0.39 is 5.92 Å². The van der Waals surface area contributed by atoms with Crippen LogP contribution in [0.4, 0.5) is 11.4 Å². The number of hydrogen-bond acceptors (Lipinski definition) is 4. The van der Waals surface area contributed by atoms with Crippen molar-refractivity contribution in [2.24, 2.45) is 5.92 Å².